The van der Waals surface area contributed by atoms with Gasteiger partial charge in [0.25, 0.3) is 0 Å². The van der Waals surface area contributed by atoms with Gasteiger partial charge in [0.1, 0.15) is 5.82 Å². The first-order chi connectivity index (χ1) is 14.1. The van der Waals surface area contributed by atoms with Gasteiger partial charge in [0, 0.05) is 42.7 Å². The number of nitrogens with zero attached hydrogens (tertiary/aromatic N) is 4. The Morgan fingerprint density at radius 2 is 2.00 bits per heavy atom. The number of rotatable bonds is 3. The van der Waals surface area contributed by atoms with E-state index in [4.69, 9.17) is 9.90 Å². The standard InChI is InChI=1S/C17H20N4OS.C2HF3O2/c1-12-19-15(11-23-12)10-20-7-8-21(17(22)13-4-5-13)9-14-3-2-6-18-16(14)20;3-2(4,5)1(6)7/h2-3,6,11,13H,4-5,7-10H2,1H3;(H,6,7). The second-order valence-electron chi connectivity index (χ2n) is 7.10. The Morgan fingerprint density at radius 3 is 2.57 bits per heavy atom. The molecule has 4 rings (SSSR count). The van der Waals surface area contributed by atoms with E-state index in [9.17, 15) is 18.0 Å². The molecule has 2 aliphatic rings. The summed E-state index contributed by atoms with van der Waals surface area (Å²) in [5.41, 5.74) is 2.21. The molecule has 1 N–H and O–H groups in total. The van der Waals surface area contributed by atoms with Crippen LogP contribution in [0.5, 0.6) is 0 Å². The van der Waals surface area contributed by atoms with Gasteiger partial charge in [-0.25, -0.2) is 14.8 Å². The number of aliphatic carboxylic acids is 1. The molecule has 1 aliphatic carbocycles. The van der Waals surface area contributed by atoms with Crippen LogP contribution in [-0.4, -0.2) is 51.1 Å². The number of carbonyl (C=O) groups is 2. The maximum atomic E-state index is 12.5. The smallest absolute Gasteiger partial charge is 0.475 e. The zero-order valence-electron chi connectivity index (χ0n) is 16.2. The van der Waals surface area contributed by atoms with Gasteiger partial charge in [-0.2, -0.15) is 13.2 Å². The van der Waals surface area contributed by atoms with Gasteiger partial charge in [-0.15, -0.1) is 11.3 Å². The second kappa shape index (κ2) is 8.99. The van der Waals surface area contributed by atoms with Crippen LogP contribution in [0.4, 0.5) is 19.0 Å². The number of hydrogen-bond acceptors (Lipinski definition) is 6. The Morgan fingerprint density at radius 1 is 1.30 bits per heavy atom. The van der Waals surface area contributed by atoms with Crippen molar-refractivity contribution in [3.05, 3.63) is 40.0 Å². The van der Waals surface area contributed by atoms with Crippen LogP contribution in [0.25, 0.3) is 0 Å². The van der Waals surface area contributed by atoms with Crippen molar-refractivity contribution < 1.29 is 27.9 Å². The van der Waals surface area contributed by atoms with Gasteiger partial charge in [0.2, 0.25) is 5.91 Å². The molecule has 11 heteroatoms. The molecular formula is C19H21F3N4O3S. The Kier molecular flexibility index (Phi) is 6.59. The molecule has 2 aromatic rings. The van der Waals surface area contributed by atoms with Gasteiger partial charge < -0.3 is 14.9 Å². The minimum Gasteiger partial charge on any atom is -0.475 e. The fraction of sp³-hybridized carbons (Fsp3) is 0.474. The number of carbonyl (C=O) groups excluding carboxylic acids is 1. The fourth-order valence-electron chi connectivity index (χ4n) is 3.08. The van der Waals surface area contributed by atoms with Crippen LogP contribution in [0.2, 0.25) is 0 Å². The summed E-state index contributed by atoms with van der Waals surface area (Å²) in [5, 5.41) is 10.3. The summed E-state index contributed by atoms with van der Waals surface area (Å²) >= 11 is 1.67. The fourth-order valence-corrected chi connectivity index (χ4v) is 3.68. The highest BCUT2D eigenvalue weighted by molar-refractivity contribution is 7.09. The number of aryl methyl sites for hydroxylation is 1. The molecule has 162 valence electrons. The summed E-state index contributed by atoms with van der Waals surface area (Å²) < 4.78 is 31.7. The van der Waals surface area contributed by atoms with Gasteiger partial charge in [-0.3, -0.25) is 4.79 Å². The number of alkyl halides is 3. The van der Waals surface area contributed by atoms with Crippen LogP contribution in [0.3, 0.4) is 0 Å². The van der Waals surface area contributed by atoms with E-state index in [0.717, 1.165) is 54.6 Å². The summed E-state index contributed by atoms with van der Waals surface area (Å²) in [6, 6.07) is 4.04. The minimum atomic E-state index is -5.08. The highest BCUT2D eigenvalue weighted by Gasteiger charge is 2.38. The summed E-state index contributed by atoms with van der Waals surface area (Å²) in [5.74, 6) is -1.19. The van der Waals surface area contributed by atoms with Crippen LogP contribution >= 0.6 is 11.3 Å². The first-order valence-corrected chi connectivity index (χ1v) is 10.2. The van der Waals surface area contributed by atoms with E-state index >= 15 is 0 Å². The number of carboxylic acid groups (broad SMARTS) is 1. The zero-order valence-corrected chi connectivity index (χ0v) is 17.0. The number of halogens is 3. The highest BCUT2D eigenvalue weighted by atomic mass is 32.1. The molecule has 1 aliphatic heterocycles. The van der Waals surface area contributed by atoms with E-state index in [1.807, 2.05) is 24.1 Å². The first kappa shape index (κ1) is 22.0. The number of pyridine rings is 1. The number of thiazole rings is 1. The first-order valence-electron chi connectivity index (χ1n) is 9.34. The van der Waals surface area contributed by atoms with Gasteiger partial charge in [0.05, 0.1) is 17.2 Å². The molecule has 0 bridgehead atoms. The lowest BCUT2D eigenvalue weighted by Crippen LogP contribution is -2.36. The third-order valence-corrected chi connectivity index (χ3v) is 5.49. The largest absolute Gasteiger partial charge is 0.490 e. The summed E-state index contributed by atoms with van der Waals surface area (Å²) in [4.78, 5) is 34.8. The Hall–Kier alpha value is -2.69. The summed E-state index contributed by atoms with van der Waals surface area (Å²) in [6.45, 7) is 5.01. The normalized spacial score (nSPS) is 16.3. The van der Waals surface area contributed by atoms with Crippen molar-refractivity contribution >= 4 is 29.0 Å². The number of aromatic nitrogens is 2. The van der Waals surface area contributed by atoms with Crippen molar-refractivity contribution in [3.8, 4) is 0 Å². The van der Waals surface area contributed by atoms with Gasteiger partial charge in [-0.05, 0) is 25.8 Å². The second-order valence-corrected chi connectivity index (χ2v) is 8.16. The average Bonchev–Trinajstić information content (AvgIpc) is 3.47. The van der Waals surface area contributed by atoms with Gasteiger partial charge in [0.15, 0.2) is 0 Å². The SMILES string of the molecule is Cc1nc(CN2CCN(C(=O)C3CC3)Cc3cccnc32)cs1.O=C(O)C(F)(F)F. The molecule has 0 saturated heterocycles. The van der Waals surface area contributed by atoms with E-state index in [1.165, 1.54) is 0 Å². The van der Waals surface area contributed by atoms with E-state index in [1.54, 1.807) is 11.3 Å². The topological polar surface area (TPSA) is 86.6 Å². The number of fused-ring (bicyclic) bond motifs is 1. The molecule has 0 aromatic carbocycles. The molecule has 30 heavy (non-hydrogen) atoms. The van der Waals surface area contributed by atoms with Crippen LogP contribution in [0.1, 0.15) is 29.1 Å². The molecule has 1 fully saturated rings. The molecule has 1 amide bonds. The molecule has 0 unspecified atom stereocenters. The minimum absolute atomic E-state index is 0.267. The lowest BCUT2D eigenvalue weighted by Gasteiger charge is -2.23. The Labute approximate surface area is 175 Å². The zero-order chi connectivity index (χ0) is 21.9. The molecule has 0 radical (unpaired) electrons. The van der Waals surface area contributed by atoms with Crippen LogP contribution < -0.4 is 4.90 Å². The third kappa shape index (κ3) is 5.68. The van der Waals surface area contributed by atoms with Crippen molar-refractivity contribution in [2.45, 2.75) is 39.0 Å². The third-order valence-electron chi connectivity index (χ3n) is 4.67. The Balaban J connectivity index is 0.000000318. The highest BCUT2D eigenvalue weighted by Crippen LogP contribution is 2.33. The predicted molar refractivity (Wildman–Crippen MR) is 104 cm³/mol. The lowest BCUT2D eigenvalue weighted by molar-refractivity contribution is -0.192. The number of amides is 1. The predicted octanol–water partition coefficient (Wildman–Crippen LogP) is 3.24. The Bertz CT molecular complexity index is 914. The van der Waals surface area contributed by atoms with Crippen molar-refractivity contribution in [1.82, 2.24) is 14.9 Å². The maximum Gasteiger partial charge on any atom is 0.490 e. The van der Waals surface area contributed by atoms with Crippen molar-refractivity contribution in [3.63, 3.8) is 0 Å². The van der Waals surface area contributed by atoms with Crippen molar-refractivity contribution in [2.24, 2.45) is 5.92 Å². The molecule has 7 nitrogen and oxygen atoms in total. The van der Waals surface area contributed by atoms with E-state index < -0.39 is 12.1 Å². The molecule has 1 saturated carbocycles. The van der Waals surface area contributed by atoms with Crippen LogP contribution in [0, 0.1) is 12.8 Å². The quantitative estimate of drug-likeness (QED) is 0.786. The summed E-state index contributed by atoms with van der Waals surface area (Å²) in [6.07, 6.45) is -1.15. The molecule has 0 spiro atoms. The molecular weight excluding hydrogens is 421 g/mol. The van der Waals surface area contributed by atoms with E-state index in [-0.39, 0.29) is 5.92 Å². The number of anilines is 1. The maximum absolute atomic E-state index is 12.5. The number of hydrogen-bond donors (Lipinski definition) is 1. The van der Waals surface area contributed by atoms with Crippen LogP contribution in [0.15, 0.2) is 23.7 Å². The van der Waals surface area contributed by atoms with Crippen LogP contribution in [-0.2, 0) is 22.7 Å². The molecule has 2 aromatic heterocycles. The molecule has 3 heterocycles. The van der Waals surface area contributed by atoms with Crippen molar-refractivity contribution in [1.29, 1.82) is 0 Å². The van der Waals surface area contributed by atoms with Gasteiger partial charge >= 0.3 is 12.1 Å². The average molecular weight is 442 g/mol. The van der Waals surface area contributed by atoms with Crippen molar-refractivity contribution in [2.75, 3.05) is 18.0 Å². The number of carboxylic acids is 1. The van der Waals surface area contributed by atoms with Gasteiger partial charge in [-0.1, -0.05) is 6.07 Å². The molecule has 0 atom stereocenters. The van der Waals surface area contributed by atoms with E-state index in [0.29, 0.717) is 12.5 Å². The van der Waals surface area contributed by atoms with E-state index in [2.05, 4.69) is 26.3 Å². The lowest BCUT2D eigenvalue weighted by atomic mass is 10.2. The summed E-state index contributed by atoms with van der Waals surface area (Å²) in [7, 11) is 0. The monoisotopic (exact) mass is 442 g/mol.